The second-order valence-corrected chi connectivity index (χ2v) is 5.76. The van der Waals surface area contributed by atoms with E-state index in [9.17, 15) is 23.1 Å². The number of rotatable bonds is 2. The summed E-state index contributed by atoms with van der Waals surface area (Å²) in [6, 6.07) is 2.48. The first-order chi connectivity index (χ1) is 11.3. The Balaban J connectivity index is 1.98. The Hall–Kier alpha value is -2.06. The summed E-state index contributed by atoms with van der Waals surface area (Å²) in [5.74, 6) is -0.668. The maximum absolute atomic E-state index is 13.0. The van der Waals surface area contributed by atoms with Crippen LogP contribution in [0.2, 0.25) is 5.02 Å². The topological polar surface area (TPSA) is 69.2 Å². The van der Waals surface area contributed by atoms with Gasteiger partial charge < -0.3 is 15.0 Å². The number of fused-ring (bicyclic) bond motifs is 1. The fourth-order valence-electron chi connectivity index (χ4n) is 2.85. The molecule has 1 aromatic carbocycles. The van der Waals surface area contributed by atoms with Gasteiger partial charge in [0.25, 0.3) is 5.91 Å². The standard InChI is InChI=1S/C15H13ClF3N3O2/c16-12-8(2-1-3-9(12)15(17,18)19)14(24)22-5-4-10-13(11(22)6-23)21-7-20-10/h1-3,7,11,23H,4-6H2,(H,20,21). The van der Waals surface area contributed by atoms with Crippen molar-refractivity contribution < 1.29 is 23.1 Å². The van der Waals surface area contributed by atoms with Gasteiger partial charge in [-0.05, 0) is 12.1 Å². The van der Waals surface area contributed by atoms with Crippen molar-refractivity contribution in [1.29, 1.82) is 0 Å². The maximum Gasteiger partial charge on any atom is 0.417 e. The maximum atomic E-state index is 13.0. The summed E-state index contributed by atoms with van der Waals surface area (Å²) in [7, 11) is 0. The molecule has 1 aliphatic heterocycles. The quantitative estimate of drug-likeness (QED) is 0.866. The molecule has 0 saturated carbocycles. The van der Waals surface area contributed by atoms with Crippen LogP contribution in [0.3, 0.4) is 0 Å². The third kappa shape index (κ3) is 2.76. The zero-order chi connectivity index (χ0) is 17.5. The lowest BCUT2D eigenvalue weighted by Gasteiger charge is -2.34. The van der Waals surface area contributed by atoms with E-state index in [-0.39, 0.29) is 18.7 Å². The average Bonchev–Trinajstić information content (AvgIpc) is 3.01. The van der Waals surface area contributed by atoms with Crippen LogP contribution in [0.15, 0.2) is 24.5 Å². The highest BCUT2D eigenvalue weighted by atomic mass is 35.5. The van der Waals surface area contributed by atoms with Gasteiger partial charge in [0.1, 0.15) is 0 Å². The van der Waals surface area contributed by atoms with E-state index in [0.717, 1.165) is 17.8 Å². The molecule has 2 N–H and O–H groups in total. The van der Waals surface area contributed by atoms with Crippen LogP contribution in [0.1, 0.15) is 33.4 Å². The molecule has 1 amide bonds. The highest BCUT2D eigenvalue weighted by Crippen LogP contribution is 2.37. The van der Waals surface area contributed by atoms with Crippen LogP contribution in [-0.4, -0.2) is 39.0 Å². The minimum absolute atomic E-state index is 0.242. The van der Waals surface area contributed by atoms with E-state index in [4.69, 9.17) is 11.6 Å². The molecule has 1 aliphatic rings. The Morgan fingerprint density at radius 2 is 2.21 bits per heavy atom. The van der Waals surface area contributed by atoms with E-state index >= 15 is 0 Å². The van der Waals surface area contributed by atoms with Crippen molar-refractivity contribution in [3.05, 3.63) is 52.1 Å². The number of hydrogen-bond donors (Lipinski definition) is 2. The minimum Gasteiger partial charge on any atom is -0.394 e. The first-order valence-corrected chi connectivity index (χ1v) is 7.52. The van der Waals surface area contributed by atoms with Crippen molar-refractivity contribution in [2.24, 2.45) is 0 Å². The van der Waals surface area contributed by atoms with Gasteiger partial charge in [-0.15, -0.1) is 0 Å². The third-order valence-corrected chi connectivity index (χ3v) is 4.42. The molecule has 0 spiro atoms. The van der Waals surface area contributed by atoms with Crippen molar-refractivity contribution in [3.8, 4) is 0 Å². The first kappa shape index (κ1) is 16.8. The van der Waals surface area contributed by atoms with E-state index in [1.54, 1.807) is 0 Å². The minimum atomic E-state index is -4.65. The summed E-state index contributed by atoms with van der Waals surface area (Å²) in [6.07, 6.45) is -2.73. The van der Waals surface area contributed by atoms with Crippen LogP contribution in [0.5, 0.6) is 0 Å². The number of hydrogen-bond acceptors (Lipinski definition) is 3. The van der Waals surface area contributed by atoms with Gasteiger partial charge >= 0.3 is 6.18 Å². The highest BCUT2D eigenvalue weighted by molar-refractivity contribution is 6.34. The summed E-state index contributed by atoms with van der Waals surface area (Å²) >= 11 is 5.83. The van der Waals surface area contributed by atoms with Crippen LogP contribution >= 0.6 is 11.6 Å². The molecule has 24 heavy (non-hydrogen) atoms. The molecule has 0 radical (unpaired) electrons. The largest absolute Gasteiger partial charge is 0.417 e. The number of carbonyl (C=O) groups excluding carboxylic acids is 1. The number of carbonyl (C=O) groups is 1. The molecule has 0 aliphatic carbocycles. The molecule has 3 rings (SSSR count). The van der Waals surface area contributed by atoms with Crippen molar-refractivity contribution >= 4 is 17.5 Å². The fraction of sp³-hybridized carbons (Fsp3) is 0.333. The van der Waals surface area contributed by atoms with Gasteiger partial charge in [0.05, 0.1) is 40.8 Å². The number of amides is 1. The summed E-state index contributed by atoms with van der Waals surface area (Å²) in [4.78, 5) is 21.0. The number of alkyl halides is 3. The second-order valence-electron chi connectivity index (χ2n) is 5.38. The van der Waals surface area contributed by atoms with E-state index in [1.165, 1.54) is 17.3 Å². The molecule has 9 heteroatoms. The van der Waals surface area contributed by atoms with E-state index in [1.807, 2.05) is 0 Å². The average molecular weight is 360 g/mol. The molecule has 2 heterocycles. The van der Waals surface area contributed by atoms with Gasteiger partial charge in [0, 0.05) is 18.7 Å². The van der Waals surface area contributed by atoms with E-state index < -0.39 is 28.7 Å². The molecule has 0 saturated heterocycles. The van der Waals surface area contributed by atoms with Gasteiger partial charge in [0.15, 0.2) is 0 Å². The molecule has 1 atom stereocenters. The van der Waals surface area contributed by atoms with Crippen LogP contribution in [0.25, 0.3) is 0 Å². The zero-order valence-corrected chi connectivity index (χ0v) is 13.0. The Bertz CT molecular complexity index is 776. The predicted octanol–water partition coefficient (Wildman–Crippen LogP) is 2.81. The van der Waals surface area contributed by atoms with Gasteiger partial charge in [-0.25, -0.2) is 4.98 Å². The molecule has 0 fully saturated rings. The second kappa shape index (κ2) is 6.10. The third-order valence-electron chi connectivity index (χ3n) is 4.01. The lowest BCUT2D eigenvalue weighted by atomic mass is 10.0. The number of imidazole rings is 1. The Kier molecular flexibility index (Phi) is 4.27. The van der Waals surface area contributed by atoms with Gasteiger partial charge in [0.2, 0.25) is 0 Å². The van der Waals surface area contributed by atoms with E-state index in [0.29, 0.717) is 12.1 Å². The SMILES string of the molecule is O=C(c1cccc(C(F)(F)F)c1Cl)N1CCc2[nH]cnc2C1CO. The summed E-state index contributed by atoms with van der Waals surface area (Å²) < 4.78 is 38.9. The first-order valence-electron chi connectivity index (χ1n) is 7.14. The molecular weight excluding hydrogens is 347 g/mol. The molecular formula is C15H13ClF3N3O2. The van der Waals surface area contributed by atoms with Crippen molar-refractivity contribution in [3.63, 3.8) is 0 Å². The molecule has 128 valence electrons. The number of H-pyrrole nitrogens is 1. The van der Waals surface area contributed by atoms with Gasteiger partial charge in [-0.1, -0.05) is 17.7 Å². The number of nitrogens with one attached hydrogen (secondary N) is 1. The number of benzene rings is 1. The lowest BCUT2D eigenvalue weighted by Crippen LogP contribution is -2.42. The van der Waals surface area contributed by atoms with Crippen molar-refractivity contribution in [2.45, 2.75) is 18.6 Å². The molecule has 1 aromatic heterocycles. The van der Waals surface area contributed by atoms with Crippen LogP contribution in [0.4, 0.5) is 13.2 Å². The summed E-state index contributed by atoms with van der Waals surface area (Å²) in [5, 5.41) is 8.98. The van der Waals surface area contributed by atoms with Gasteiger partial charge in [-0.3, -0.25) is 4.79 Å². The Morgan fingerprint density at radius 1 is 1.46 bits per heavy atom. The number of aliphatic hydroxyl groups excluding tert-OH is 1. The molecule has 2 aromatic rings. The Morgan fingerprint density at radius 3 is 2.88 bits per heavy atom. The molecule has 5 nitrogen and oxygen atoms in total. The van der Waals surface area contributed by atoms with Crippen LogP contribution < -0.4 is 0 Å². The number of aromatic nitrogens is 2. The normalized spacial score (nSPS) is 17.7. The molecule has 1 unspecified atom stereocenters. The number of halogens is 4. The van der Waals surface area contributed by atoms with Crippen LogP contribution in [-0.2, 0) is 12.6 Å². The lowest BCUT2D eigenvalue weighted by molar-refractivity contribution is -0.137. The smallest absolute Gasteiger partial charge is 0.394 e. The number of aromatic amines is 1. The monoisotopic (exact) mass is 359 g/mol. The molecule has 0 bridgehead atoms. The van der Waals surface area contributed by atoms with Crippen LogP contribution in [0, 0.1) is 0 Å². The van der Waals surface area contributed by atoms with Crippen molar-refractivity contribution in [1.82, 2.24) is 14.9 Å². The predicted molar refractivity (Wildman–Crippen MR) is 79.6 cm³/mol. The summed E-state index contributed by atoms with van der Waals surface area (Å²) in [6.45, 7) is -0.147. The van der Waals surface area contributed by atoms with Crippen molar-refractivity contribution in [2.75, 3.05) is 13.2 Å². The van der Waals surface area contributed by atoms with Gasteiger partial charge in [-0.2, -0.15) is 13.2 Å². The fourth-order valence-corrected chi connectivity index (χ4v) is 3.17. The number of nitrogens with zero attached hydrogens (tertiary/aromatic N) is 2. The highest BCUT2D eigenvalue weighted by Gasteiger charge is 2.37. The zero-order valence-electron chi connectivity index (χ0n) is 12.3. The number of aliphatic hydroxyl groups is 1. The summed E-state index contributed by atoms with van der Waals surface area (Å²) in [5.41, 5.74) is 0.00500. The Labute approximate surface area is 140 Å². The van der Waals surface area contributed by atoms with E-state index in [2.05, 4.69) is 9.97 Å².